The topological polar surface area (TPSA) is 93.4 Å². The van der Waals surface area contributed by atoms with Gasteiger partial charge in [0.05, 0.1) is 25.7 Å². The molecule has 1 N–H and O–H groups in total. The number of carbonyl (C=O) groups is 1. The van der Waals surface area contributed by atoms with Gasteiger partial charge in [0.2, 0.25) is 5.82 Å². The van der Waals surface area contributed by atoms with E-state index in [0.717, 1.165) is 16.9 Å². The van der Waals surface area contributed by atoms with E-state index in [1.54, 1.807) is 19.2 Å². The van der Waals surface area contributed by atoms with Crippen molar-refractivity contribution in [1.82, 2.24) is 25.1 Å². The van der Waals surface area contributed by atoms with Crippen LogP contribution < -0.4 is 4.74 Å². The minimum absolute atomic E-state index is 0.0208. The second kappa shape index (κ2) is 6.66. The fourth-order valence-corrected chi connectivity index (χ4v) is 4.37. The van der Waals surface area contributed by atoms with E-state index in [9.17, 15) is 9.90 Å². The summed E-state index contributed by atoms with van der Waals surface area (Å²) in [5, 5.41) is 22.2. The molecule has 3 heterocycles. The molecule has 2 aliphatic rings. The van der Waals surface area contributed by atoms with Crippen LogP contribution in [-0.2, 0) is 7.05 Å². The van der Waals surface area contributed by atoms with Crippen LogP contribution in [0.25, 0.3) is 11.4 Å². The maximum atomic E-state index is 13.2. The van der Waals surface area contributed by atoms with E-state index in [1.165, 1.54) is 4.80 Å². The van der Waals surface area contributed by atoms with Gasteiger partial charge in [0, 0.05) is 30.1 Å². The first-order chi connectivity index (χ1) is 14.1. The molecular weight excluding hydrogens is 370 g/mol. The Kier molecular flexibility index (Phi) is 4.09. The summed E-state index contributed by atoms with van der Waals surface area (Å²) in [5.41, 5.74) is 2.00. The Morgan fingerprint density at radius 3 is 2.76 bits per heavy atom. The second-order valence-electron chi connectivity index (χ2n) is 7.77. The molecule has 2 aromatic carbocycles. The predicted molar refractivity (Wildman–Crippen MR) is 104 cm³/mol. The molecule has 3 aromatic rings. The number of aliphatic hydroxyl groups excluding tert-OH is 1. The third-order valence-electron chi connectivity index (χ3n) is 5.96. The first-order valence-corrected chi connectivity index (χ1v) is 9.56. The van der Waals surface area contributed by atoms with E-state index in [1.807, 2.05) is 41.3 Å². The smallest absolute Gasteiger partial charge is 0.253 e. The number of aromatic nitrogens is 4. The highest BCUT2D eigenvalue weighted by atomic mass is 16.5. The third-order valence-corrected chi connectivity index (χ3v) is 5.96. The van der Waals surface area contributed by atoms with Gasteiger partial charge in [0.25, 0.3) is 5.91 Å². The Morgan fingerprint density at radius 2 is 2.03 bits per heavy atom. The molecule has 148 valence electrons. The summed E-state index contributed by atoms with van der Waals surface area (Å²) in [6, 6.07) is 15.1. The molecule has 5 rings (SSSR count). The minimum Gasteiger partial charge on any atom is -0.493 e. The third kappa shape index (κ3) is 2.87. The zero-order valence-electron chi connectivity index (χ0n) is 16.0. The molecule has 0 radical (unpaired) electrons. The van der Waals surface area contributed by atoms with Crippen LogP contribution in [0.4, 0.5) is 0 Å². The minimum atomic E-state index is -0.465. The van der Waals surface area contributed by atoms with Crippen molar-refractivity contribution in [3.63, 3.8) is 0 Å². The fraction of sp³-hybridized carbons (Fsp3) is 0.333. The molecule has 0 spiro atoms. The Bertz CT molecular complexity index is 1060. The number of carbonyl (C=O) groups excluding carboxylic acids is 1. The van der Waals surface area contributed by atoms with Crippen molar-refractivity contribution < 1.29 is 14.6 Å². The van der Waals surface area contributed by atoms with Crippen LogP contribution in [0.2, 0.25) is 0 Å². The number of likely N-dealkylation sites (tertiary alicyclic amines) is 1. The van der Waals surface area contributed by atoms with E-state index in [2.05, 4.69) is 15.4 Å². The van der Waals surface area contributed by atoms with Crippen LogP contribution in [0.15, 0.2) is 48.5 Å². The van der Waals surface area contributed by atoms with Crippen LogP contribution in [0, 0.1) is 5.41 Å². The summed E-state index contributed by atoms with van der Waals surface area (Å²) in [6.07, 6.45) is 0. The second-order valence-corrected chi connectivity index (χ2v) is 7.77. The molecule has 2 aliphatic heterocycles. The van der Waals surface area contributed by atoms with Gasteiger partial charge in [-0.1, -0.05) is 30.3 Å². The number of amides is 1. The molecule has 8 heteroatoms. The quantitative estimate of drug-likeness (QED) is 0.727. The van der Waals surface area contributed by atoms with E-state index < -0.39 is 5.41 Å². The number of fused-ring (bicyclic) bond motifs is 3. The molecule has 1 aromatic heterocycles. The van der Waals surface area contributed by atoms with Crippen LogP contribution in [0.3, 0.4) is 0 Å². The van der Waals surface area contributed by atoms with Crippen molar-refractivity contribution in [2.24, 2.45) is 12.5 Å². The molecule has 8 nitrogen and oxygen atoms in total. The molecular formula is C21H21N5O3. The summed E-state index contributed by atoms with van der Waals surface area (Å²) < 4.78 is 5.91. The highest BCUT2D eigenvalue weighted by Crippen LogP contribution is 2.49. The summed E-state index contributed by atoms with van der Waals surface area (Å²) in [4.78, 5) is 16.4. The van der Waals surface area contributed by atoms with Gasteiger partial charge in [-0.05, 0) is 29.0 Å². The van der Waals surface area contributed by atoms with Crippen molar-refractivity contribution in [2.45, 2.75) is 5.92 Å². The number of rotatable bonds is 3. The number of ether oxygens (including phenoxy) is 1. The summed E-state index contributed by atoms with van der Waals surface area (Å²) in [6.45, 7) is 1.42. The maximum Gasteiger partial charge on any atom is 0.253 e. The van der Waals surface area contributed by atoms with Crippen LogP contribution in [-0.4, -0.2) is 62.4 Å². The Labute approximate surface area is 167 Å². The van der Waals surface area contributed by atoms with E-state index in [-0.39, 0.29) is 18.4 Å². The van der Waals surface area contributed by atoms with Crippen molar-refractivity contribution >= 4 is 5.91 Å². The molecule has 2 atom stereocenters. The molecule has 1 saturated heterocycles. The lowest BCUT2D eigenvalue weighted by atomic mass is 9.74. The van der Waals surface area contributed by atoms with E-state index in [4.69, 9.17) is 4.74 Å². The molecule has 0 bridgehead atoms. The molecule has 1 amide bonds. The summed E-state index contributed by atoms with van der Waals surface area (Å²) in [7, 11) is 1.71. The van der Waals surface area contributed by atoms with Crippen LogP contribution in [0.1, 0.15) is 21.8 Å². The number of para-hydroxylation sites is 1. The lowest BCUT2D eigenvalue weighted by Crippen LogP contribution is -2.42. The number of benzene rings is 2. The molecule has 0 unspecified atom stereocenters. The Hall–Kier alpha value is -3.26. The lowest BCUT2D eigenvalue weighted by Gasteiger charge is -2.37. The first-order valence-electron chi connectivity index (χ1n) is 9.56. The van der Waals surface area contributed by atoms with Gasteiger partial charge >= 0.3 is 0 Å². The van der Waals surface area contributed by atoms with Gasteiger partial charge in [-0.2, -0.15) is 4.80 Å². The highest BCUT2D eigenvalue weighted by molar-refractivity contribution is 5.95. The normalized spacial score (nSPS) is 22.7. The molecule has 0 saturated carbocycles. The molecule has 29 heavy (non-hydrogen) atoms. The number of hydrogen-bond donors (Lipinski definition) is 1. The number of aryl methyl sites for hydroxylation is 1. The van der Waals surface area contributed by atoms with Gasteiger partial charge in [-0.3, -0.25) is 4.79 Å². The number of tetrazole rings is 1. The maximum absolute atomic E-state index is 13.2. The van der Waals surface area contributed by atoms with Crippen molar-refractivity contribution in [3.05, 3.63) is 59.7 Å². The number of aliphatic hydroxyl groups is 1. The number of nitrogens with zero attached hydrogens (tertiary/aromatic N) is 5. The average molecular weight is 391 g/mol. The van der Waals surface area contributed by atoms with Gasteiger partial charge in [0.1, 0.15) is 5.75 Å². The molecule has 0 aliphatic carbocycles. The zero-order valence-corrected chi connectivity index (χ0v) is 16.0. The van der Waals surface area contributed by atoms with Gasteiger partial charge in [0.15, 0.2) is 0 Å². The van der Waals surface area contributed by atoms with Gasteiger partial charge < -0.3 is 14.7 Å². The highest BCUT2D eigenvalue weighted by Gasteiger charge is 2.52. The predicted octanol–water partition coefficient (Wildman–Crippen LogP) is 1.49. The zero-order chi connectivity index (χ0) is 20.0. The standard InChI is InChI=1S/C21H21N5O3/c1-25-23-19(22-24-25)14-6-8-15(9-7-14)20(28)26-10-17-16-4-2-3-5-18(16)29-13-21(17,11-26)12-27/h2-9,17,27H,10-13H2,1H3/t17-,21-/m1/s1. The van der Waals surface area contributed by atoms with Crippen LogP contribution >= 0.6 is 0 Å². The van der Waals surface area contributed by atoms with Crippen LogP contribution in [0.5, 0.6) is 5.75 Å². The Balaban J connectivity index is 1.40. The summed E-state index contributed by atoms with van der Waals surface area (Å²) in [5.74, 6) is 1.37. The summed E-state index contributed by atoms with van der Waals surface area (Å²) >= 11 is 0. The monoisotopic (exact) mass is 391 g/mol. The largest absolute Gasteiger partial charge is 0.493 e. The van der Waals surface area contributed by atoms with Crippen molar-refractivity contribution in [1.29, 1.82) is 0 Å². The van der Waals surface area contributed by atoms with Gasteiger partial charge in [-0.25, -0.2) is 0 Å². The average Bonchev–Trinajstić information content (AvgIpc) is 3.38. The van der Waals surface area contributed by atoms with Gasteiger partial charge in [-0.15, -0.1) is 10.2 Å². The van der Waals surface area contributed by atoms with E-state index in [0.29, 0.717) is 31.1 Å². The van der Waals surface area contributed by atoms with E-state index >= 15 is 0 Å². The fourth-order valence-electron chi connectivity index (χ4n) is 4.37. The lowest BCUT2D eigenvalue weighted by molar-refractivity contribution is 0.0440. The number of hydrogen-bond acceptors (Lipinski definition) is 6. The Morgan fingerprint density at radius 1 is 1.24 bits per heavy atom. The van der Waals surface area contributed by atoms with Crippen molar-refractivity contribution in [3.8, 4) is 17.1 Å². The first kappa shape index (κ1) is 17.8. The molecule has 1 fully saturated rings. The SMILES string of the molecule is Cn1nnc(-c2ccc(C(=O)N3C[C@@H]4c5ccccc5OC[C@]4(CO)C3)cc2)n1. The van der Waals surface area contributed by atoms with Crippen molar-refractivity contribution in [2.75, 3.05) is 26.3 Å².